The Morgan fingerprint density at radius 3 is 2.76 bits per heavy atom. The molecule has 1 unspecified atom stereocenters. The number of halogens is 1. The summed E-state index contributed by atoms with van der Waals surface area (Å²) in [5.41, 5.74) is 0. The van der Waals surface area contributed by atoms with Crippen molar-refractivity contribution in [2.24, 2.45) is 0 Å². The van der Waals surface area contributed by atoms with Crippen LogP contribution >= 0.6 is 0 Å². The minimum absolute atomic E-state index is 0.0434. The third-order valence-corrected chi connectivity index (χ3v) is 4.09. The van der Waals surface area contributed by atoms with Gasteiger partial charge in [0.05, 0.1) is 0 Å². The number of nitrogens with zero attached hydrogens (tertiary/aromatic N) is 3. The van der Waals surface area contributed by atoms with Crippen LogP contribution in [0.25, 0.3) is 0 Å². The van der Waals surface area contributed by atoms with Gasteiger partial charge in [-0.2, -0.15) is 0 Å². The Hall–Kier alpha value is -2.70. The number of piperidine rings is 1. The maximum absolute atomic E-state index is 13.6. The van der Waals surface area contributed by atoms with Crippen molar-refractivity contribution in [3.63, 3.8) is 0 Å². The Bertz CT molecular complexity index is 735. The normalized spacial score (nSPS) is 15.5. The first-order chi connectivity index (χ1) is 12.1. The number of amides is 1. The van der Waals surface area contributed by atoms with Gasteiger partial charge in [-0.05, 0) is 38.3 Å². The van der Waals surface area contributed by atoms with Crippen LogP contribution in [0.1, 0.15) is 26.2 Å². The van der Waals surface area contributed by atoms with Crippen LogP contribution in [0.5, 0.6) is 5.75 Å². The highest BCUT2D eigenvalue weighted by atomic mass is 19.1. The zero-order valence-electron chi connectivity index (χ0n) is 14.1. The van der Waals surface area contributed by atoms with E-state index in [9.17, 15) is 9.18 Å². The summed E-state index contributed by atoms with van der Waals surface area (Å²) >= 11 is 0. The molecule has 1 saturated heterocycles. The van der Waals surface area contributed by atoms with E-state index in [-0.39, 0.29) is 5.75 Å². The molecule has 0 spiro atoms. The highest BCUT2D eigenvalue weighted by molar-refractivity contribution is 5.93. The van der Waals surface area contributed by atoms with Crippen molar-refractivity contribution in [1.29, 1.82) is 0 Å². The second-order valence-corrected chi connectivity index (χ2v) is 5.99. The number of aromatic nitrogens is 2. The average Bonchev–Trinajstić information content (AvgIpc) is 2.64. The van der Waals surface area contributed by atoms with E-state index in [1.54, 1.807) is 25.1 Å². The number of carbonyl (C=O) groups is 1. The Kier molecular flexibility index (Phi) is 5.42. The van der Waals surface area contributed by atoms with Gasteiger partial charge >= 0.3 is 0 Å². The lowest BCUT2D eigenvalue weighted by molar-refractivity contribution is -0.122. The number of benzene rings is 1. The van der Waals surface area contributed by atoms with Gasteiger partial charge in [-0.25, -0.2) is 14.4 Å². The first kappa shape index (κ1) is 17.1. The number of ether oxygens (including phenoxy) is 1. The molecule has 1 aliphatic heterocycles. The number of hydrogen-bond acceptors (Lipinski definition) is 5. The summed E-state index contributed by atoms with van der Waals surface area (Å²) in [4.78, 5) is 22.8. The van der Waals surface area contributed by atoms with E-state index in [1.807, 2.05) is 0 Å². The Labute approximate surface area is 146 Å². The first-order valence-corrected chi connectivity index (χ1v) is 8.42. The third-order valence-electron chi connectivity index (χ3n) is 4.09. The van der Waals surface area contributed by atoms with Gasteiger partial charge in [0.2, 0.25) is 0 Å². The van der Waals surface area contributed by atoms with E-state index in [1.165, 1.54) is 24.9 Å². The Balaban J connectivity index is 1.63. The summed E-state index contributed by atoms with van der Waals surface area (Å²) in [7, 11) is 0. The summed E-state index contributed by atoms with van der Waals surface area (Å²) in [5, 5.41) is 2.70. The van der Waals surface area contributed by atoms with Crippen molar-refractivity contribution in [3.05, 3.63) is 42.5 Å². The van der Waals surface area contributed by atoms with Gasteiger partial charge in [-0.15, -0.1) is 0 Å². The number of nitrogens with one attached hydrogen (secondary N) is 1. The van der Waals surface area contributed by atoms with E-state index in [4.69, 9.17) is 4.74 Å². The summed E-state index contributed by atoms with van der Waals surface area (Å²) in [6.45, 7) is 3.48. The van der Waals surface area contributed by atoms with Gasteiger partial charge < -0.3 is 15.0 Å². The van der Waals surface area contributed by atoms with Crippen LogP contribution in [-0.4, -0.2) is 35.1 Å². The summed E-state index contributed by atoms with van der Waals surface area (Å²) < 4.78 is 19.0. The van der Waals surface area contributed by atoms with Crippen molar-refractivity contribution in [2.45, 2.75) is 32.3 Å². The van der Waals surface area contributed by atoms with E-state index in [0.29, 0.717) is 5.82 Å². The highest BCUT2D eigenvalue weighted by Gasteiger charge is 2.18. The summed E-state index contributed by atoms with van der Waals surface area (Å²) in [6, 6.07) is 7.74. The minimum atomic E-state index is -0.856. The number of anilines is 2. The quantitative estimate of drug-likeness (QED) is 0.903. The number of rotatable bonds is 5. The largest absolute Gasteiger partial charge is 0.478 e. The van der Waals surface area contributed by atoms with Crippen molar-refractivity contribution >= 4 is 17.5 Å². The zero-order valence-corrected chi connectivity index (χ0v) is 14.1. The van der Waals surface area contributed by atoms with Crippen molar-refractivity contribution < 1.29 is 13.9 Å². The maximum atomic E-state index is 13.6. The van der Waals surface area contributed by atoms with Crippen molar-refractivity contribution in [1.82, 2.24) is 9.97 Å². The van der Waals surface area contributed by atoms with Crippen LogP contribution in [0.2, 0.25) is 0 Å². The lowest BCUT2D eigenvalue weighted by Gasteiger charge is -2.27. The predicted molar refractivity (Wildman–Crippen MR) is 93.2 cm³/mol. The topological polar surface area (TPSA) is 67.3 Å². The van der Waals surface area contributed by atoms with E-state index < -0.39 is 17.8 Å². The van der Waals surface area contributed by atoms with Crippen LogP contribution in [0.3, 0.4) is 0 Å². The number of para-hydroxylation sites is 1. The smallest absolute Gasteiger partial charge is 0.266 e. The molecule has 1 atom stereocenters. The molecular weight excluding hydrogens is 323 g/mol. The Morgan fingerprint density at radius 2 is 2.00 bits per heavy atom. The summed E-state index contributed by atoms with van der Waals surface area (Å²) in [5.74, 6) is 0.349. The molecule has 2 heterocycles. The first-order valence-electron chi connectivity index (χ1n) is 8.42. The number of carbonyl (C=O) groups excluding carboxylic acids is 1. The molecule has 3 rings (SSSR count). The van der Waals surface area contributed by atoms with Gasteiger partial charge in [0.15, 0.2) is 17.7 Å². The van der Waals surface area contributed by atoms with Gasteiger partial charge in [0.25, 0.3) is 5.91 Å². The molecular formula is C18H21FN4O2. The molecule has 1 aliphatic rings. The van der Waals surface area contributed by atoms with Crippen LogP contribution in [0.4, 0.5) is 16.0 Å². The molecule has 25 heavy (non-hydrogen) atoms. The molecule has 0 bridgehead atoms. The van der Waals surface area contributed by atoms with Gasteiger partial charge in [0.1, 0.15) is 18.0 Å². The molecule has 1 N–H and O–H groups in total. The lowest BCUT2D eigenvalue weighted by atomic mass is 10.1. The SMILES string of the molecule is CC(Oc1ccccc1F)C(=O)Nc1cc(N2CCCCC2)ncn1. The second kappa shape index (κ2) is 7.92. The van der Waals surface area contributed by atoms with Crippen molar-refractivity contribution in [2.75, 3.05) is 23.3 Å². The molecule has 6 nitrogen and oxygen atoms in total. The molecule has 2 aromatic rings. The van der Waals surface area contributed by atoms with Gasteiger partial charge in [0, 0.05) is 19.2 Å². The zero-order chi connectivity index (χ0) is 17.6. The molecule has 1 fully saturated rings. The van der Waals surface area contributed by atoms with Crippen LogP contribution in [0.15, 0.2) is 36.7 Å². The van der Waals surface area contributed by atoms with Crippen LogP contribution < -0.4 is 15.0 Å². The van der Waals surface area contributed by atoms with Crippen molar-refractivity contribution in [3.8, 4) is 5.75 Å². The minimum Gasteiger partial charge on any atom is -0.478 e. The fourth-order valence-electron chi connectivity index (χ4n) is 2.72. The fourth-order valence-corrected chi connectivity index (χ4v) is 2.72. The second-order valence-electron chi connectivity index (χ2n) is 5.99. The standard InChI is InChI=1S/C18H21FN4O2/c1-13(25-15-8-4-3-7-14(15)19)18(24)22-16-11-17(21-12-20-16)23-9-5-2-6-10-23/h3-4,7-8,11-13H,2,5-6,9-10H2,1H3,(H,20,21,22,24). The highest BCUT2D eigenvalue weighted by Crippen LogP contribution is 2.20. The average molecular weight is 344 g/mol. The maximum Gasteiger partial charge on any atom is 0.266 e. The van der Waals surface area contributed by atoms with Gasteiger partial charge in [-0.3, -0.25) is 4.79 Å². The molecule has 1 amide bonds. The predicted octanol–water partition coefficient (Wildman–Crippen LogP) is 3.01. The van der Waals surface area contributed by atoms with E-state index in [0.717, 1.165) is 31.7 Å². The fraction of sp³-hybridized carbons (Fsp3) is 0.389. The monoisotopic (exact) mass is 344 g/mol. The summed E-state index contributed by atoms with van der Waals surface area (Å²) in [6.07, 6.45) is 4.08. The number of hydrogen-bond donors (Lipinski definition) is 1. The van der Waals surface area contributed by atoms with Gasteiger partial charge in [-0.1, -0.05) is 12.1 Å². The molecule has 0 radical (unpaired) electrons. The van der Waals surface area contributed by atoms with Crippen LogP contribution in [-0.2, 0) is 4.79 Å². The molecule has 1 aromatic carbocycles. The molecule has 7 heteroatoms. The van der Waals surface area contributed by atoms with Crippen LogP contribution in [0, 0.1) is 5.82 Å². The molecule has 0 saturated carbocycles. The molecule has 1 aromatic heterocycles. The lowest BCUT2D eigenvalue weighted by Crippen LogP contribution is -2.32. The van der Waals surface area contributed by atoms with E-state index >= 15 is 0 Å². The third kappa shape index (κ3) is 4.43. The van der Waals surface area contributed by atoms with E-state index in [2.05, 4.69) is 20.2 Å². The molecule has 0 aliphatic carbocycles. The molecule has 132 valence electrons. The Morgan fingerprint density at radius 1 is 1.24 bits per heavy atom.